The number of aryl methyl sites for hydroxylation is 1. The van der Waals surface area contributed by atoms with Gasteiger partial charge in [-0.25, -0.2) is 13.8 Å². The van der Waals surface area contributed by atoms with Gasteiger partial charge in [0.2, 0.25) is 0 Å². The van der Waals surface area contributed by atoms with E-state index in [1.54, 1.807) is 6.07 Å². The van der Waals surface area contributed by atoms with Crippen molar-refractivity contribution in [3.05, 3.63) is 33.6 Å². The molecule has 90 valence electrons. The monoisotopic (exact) mass is 254 g/mol. The van der Waals surface area contributed by atoms with E-state index in [0.29, 0.717) is 4.64 Å². The predicted molar refractivity (Wildman–Crippen MR) is 64.8 cm³/mol. The Morgan fingerprint density at radius 3 is 2.53 bits per heavy atom. The number of pyridine rings is 2. The van der Waals surface area contributed by atoms with Crippen molar-refractivity contribution in [1.29, 1.82) is 0 Å². The van der Waals surface area contributed by atoms with Crippen LogP contribution in [-0.4, -0.2) is 9.97 Å². The summed E-state index contributed by atoms with van der Waals surface area (Å²) in [7, 11) is 0. The molecular weight excluding hydrogens is 242 g/mol. The largest absolute Gasteiger partial charge is 0.341 e. The molecule has 0 bridgehead atoms. The second-order valence-electron chi connectivity index (χ2n) is 4.31. The molecule has 0 spiro atoms. The van der Waals surface area contributed by atoms with Crippen LogP contribution in [0.25, 0.3) is 11.4 Å². The third-order valence-corrected chi connectivity index (χ3v) is 3.03. The normalized spacial score (nSPS) is 11.4. The van der Waals surface area contributed by atoms with Gasteiger partial charge in [-0.1, -0.05) is 26.1 Å². The van der Waals surface area contributed by atoms with Crippen molar-refractivity contribution in [2.75, 3.05) is 0 Å². The number of hydrogen-bond donors (Lipinski definition) is 1. The van der Waals surface area contributed by atoms with Crippen molar-refractivity contribution < 1.29 is 8.78 Å². The summed E-state index contributed by atoms with van der Waals surface area (Å²) >= 11 is 5.13. The first-order valence-corrected chi connectivity index (χ1v) is 5.71. The fourth-order valence-corrected chi connectivity index (χ4v) is 2.09. The number of aromatic nitrogens is 2. The summed E-state index contributed by atoms with van der Waals surface area (Å²) in [4.78, 5) is 6.83. The van der Waals surface area contributed by atoms with Gasteiger partial charge in [0.25, 0.3) is 0 Å². The molecule has 2 rings (SSSR count). The first-order chi connectivity index (χ1) is 7.91. The molecule has 0 saturated heterocycles. The van der Waals surface area contributed by atoms with E-state index in [1.165, 1.54) is 6.92 Å². The Morgan fingerprint density at radius 2 is 1.94 bits per heavy atom. The number of aromatic amines is 1. The fourth-order valence-electron chi connectivity index (χ4n) is 1.70. The first-order valence-electron chi connectivity index (χ1n) is 5.30. The van der Waals surface area contributed by atoms with Crippen molar-refractivity contribution in [1.82, 2.24) is 9.97 Å². The number of fused-ring (bicyclic) bond motifs is 1. The SMILES string of the molecule is Cc1[nH]c2nc(=S)c(C(C)C)cc-2c(F)c1F. The lowest BCUT2D eigenvalue weighted by molar-refractivity contribution is 0.498. The molecular formula is C12H12F2N2S. The summed E-state index contributed by atoms with van der Waals surface area (Å²) in [5.41, 5.74) is 1.02. The highest BCUT2D eigenvalue weighted by Crippen LogP contribution is 2.28. The maximum atomic E-state index is 13.8. The molecule has 0 atom stereocenters. The van der Waals surface area contributed by atoms with Crippen LogP contribution >= 0.6 is 12.2 Å². The Labute approximate surface area is 103 Å². The molecule has 2 aliphatic heterocycles. The van der Waals surface area contributed by atoms with Gasteiger partial charge in [-0.3, -0.25) is 0 Å². The summed E-state index contributed by atoms with van der Waals surface area (Å²) in [6.07, 6.45) is 0. The van der Waals surface area contributed by atoms with Gasteiger partial charge in [-0.2, -0.15) is 0 Å². The Kier molecular flexibility index (Phi) is 2.95. The van der Waals surface area contributed by atoms with Crippen molar-refractivity contribution in [3.8, 4) is 11.4 Å². The van der Waals surface area contributed by atoms with Crippen LogP contribution in [0.4, 0.5) is 8.78 Å². The molecule has 2 heterocycles. The molecule has 0 unspecified atom stereocenters. The van der Waals surface area contributed by atoms with Gasteiger partial charge in [0.15, 0.2) is 11.6 Å². The van der Waals surface area contributed by atoms with Crippen LogP contribution < -0.4 is 0 Å². The summed E-state index contributed by atoms with van der Waals surface area (Å²) in [5, 5.41) is 0. The van der Waals surface area contributed by atoms with Crippen molar-refractivity contribution >= 4 is 12.2 Å². The van der Waals surface area contributed by atoms with Crippen LogP contribution in [0.3, 0.4) is 0 Å². The molecule has 0 aromatic carbocycles. The zero-order valence-electron chi connectivity index (χ0n) is 9.77. The Morgan fingerprint density at radius 1 is 1.29 bits per heavy atom. The van der Waals surface area contributed by atoms with Gasteiger partial charge in [-0.05, 0) is 24.5 Å². The fraction of sp³-hybridized carbons (Fsp3) is 0.333. The zero-order chi connectivity index (χ0) is 12.7. The summed E-state index contributed by atoms with van der Waals surface area (Å²) < 4.78 is 27.6. The second kappa shape index (κ2) is 4.14. The second-order valence-corrected chi connectivity index (χ2v) is 4.70. The minimum Gasteiger partial charge on any atom is -0.341 e. The molecule has 1 N–H and O–H groups in total. The number of H-pyrrole nitrogens is 1. The van der Waals surface area contributed by atoms with E-state index < -0.39 is 11.6 Å². The summed E-state index contributed by atoms with van der Waals surface area (Å²) in [5.74, 6) is -1.33. The highest BCUT2D eigenvalue weighted by Gasteiger charge is 2.19. The van der Waals surface area contributed by atoms with E-state index in [1.807, 2.05) is 13.8 Å². The minimum atomic E-state index is -0.874. The lowest BCUT2D eigenvalue weighted by atomic mass is 10.0. The van der Waals surface area contributed by atoms with E-state index in [4.69, 9.17) is 12.2 Å². The molecule has 5 heteroatoms. The van der Waals surface area contributed by atoms with E-state index in [9.17, 15) is 8.78 Å². The molecule has 0 saturated carbocycles. The summed E-state index contributed by atoms with van der Waals surface area (Å²) in [6.45, 7) is 5.33. The molecule has 2 aliphatic rings. The van der Waals surface area contributed by atoms with Crippen LogP contribution in [-0.2, 0) is 0 Å². The van der Waals surface area contributed by atoms with Crippen molar-refractivity contribution in [3.63, 3.8) is 0 Å². The molecule has 0 aromatic rings. The summed E-state index contributed by atoms with van der Waals surface area (Å²) in [6, 6.07) is 1.57. The topological polar surface area (TPSA) is 28.7 Å². The Bertz CT molecular complexity index is 605. The Balaban J connectivity index is 2.86. The van der Waals surface area contributed by atoms with Crippen LogP contribution in [0, 0.1) is 23.2 Å². The molecule has 0 radical (unpaired) electrons. The van der Waals surface area contributed by atoms with Crippen molar-refractivity contribution in [2.45, 2.75) is 26.7 Å². The molecule has 0 aliphatic carbocycles. The van der Waals surface area contributed by atoms with Gasteiger partial charge < -0.3 is 4.98 Å². The van der Waals surface area contributed by atoms with Crippen molar-refractivity contribution in [2.24, 2.45) is 0 Å². The minimum absolute atomic E-state index is 0.120. The van der Waals surface area contributed by atoms with Crippen LogP contribution in [0.15, 0.2) is 6.07 Å². The number of nitrogens with zero attached hydrogens (tertiary/aromatic N) is 1. The number of nitrogens with one attached hydrogen (secondary N) is 1. The third kappa shape index (κ3) is 1.95. The van der Waals surface area contributed by atoms with Gasteiger partial charge >= 0.3 is 0 Å². The van der Waals surface area contributed by atoms with E-state index in [-0.39, 0.29) is 23.0 Å². The third-order valence-electron chi connectivity index (χ3n) is 2.70. The number of halogens is 2. The lowest BCUT2D eigenvalue weighted by Gasteiger charge is -2.13. The highest BCUT2D eigenvalue weighted by molar-refractivity contribution is 7.71. The maximum Gasteiger partial charge on any atom is 0.178 e. The van der Waals surface area contributed by atoms with Gasteiger partial charge in [0, 0.05) is 0 Å². The van der Waals surface area contributed by atoms with E-state index >= 15 is 0 Å². The average Bonchev–Trinajstić information content (AvgIpc) is 2.25. The number of hydrogen-bond acceptors (Lipinski definition) is 2. The van der Waals surface area contributed by atoms with Gasteiger partial charge in [0.05, 0.1) is 11.3 Å². The predicted octanol–water partition coefficient (Wildman–Crippen LogP) is 3.95. The average molecular weight is 254 g/mol. The quantitative estimate of drug-likeness (QED) is 0.780. The Hall–Kier alpha value is -1.36. The number of rotatable bonds is 1. The lowest BCUT2D eigenvalue weighted by Crippen LogP contribution is -2.05. The van der Waals surface area contributed by atoms with Gasteiger partial charge in [0.1, 0.15) is 10.5 Å². The zero-order valence-corrected chi connectivity index (χ0v) is 10.6. The van der Waals surface area contributed by atoms with Crippen LogP contribution in [0.5, 0.6) is 0 Å². The molecule has 0 amide bonds. The molecule has 0 fully saturated rings. The molecule has 0 aromatic heterocycles. The standard InChI is InChI=1S/C12H12F2N2S/c1-5(2)7-4-8-10(14)9(13)6(3)15-11(8)16-12(7)17/h4-5H,1-3H3,(H,15,16,17). The van der Waals surface area contributed by atoms with E-state index in [2.05, 4.69) is 9.97 Å². The smallest absolute Gasteiger partial charge is 0.178 e. The highest BCUT2D eigenvalue weighted by atomic mass is 32.1. The van der Waals surface area contributed by atoms with Crippen LogP contribution in [0.2, 0.25) is 0 Å². The van der Waals surface area contributed by atoms with Gasteiger partial charge in [-0.15, -0.1) is 0 Å². The van der Waals surface area contributed by atoms with Crippen LogP contribution in [0.1, 0.15) is 31.0 Å². The first kappa shape index (κ1) is 12.1. The molecule has 2 nitrogen and oxygen atoms in total. The maximum absolute atomic E-state index is 13.8. The molecule has 17 heavy (non-hydrogen) atoms. The van der Waals surface area contributed by atoms with E-state index in [0.717, 1.165) is 5.56 Å².